The van der Waals surface area contributed by atoms with Gasteiger partial charge in [-0.15, -0.1) is 0 Å². The summed E-state index contributed by atoms with van der Waals surface area (Å²) in [5, 5.41) is 3.16. The topological polar surface area (TPSA) is 27.7 Å². The van der Waals surface area contributed by atoms with Gasteiger partial charge in [0.15, 0.2) is 0 Å². The Morgan fingerprint density at radius 2 is 1.94 bits per heavy atom. The summed E-state index contributed by atoms with van der Waals surface area (Å²) in [6, 6.07) is 6.48. The quantitative estimate of drug-likeness (QED) is 0.867. The standard InChI is InChI=1S/C14H23N3O/c1-15-11-12-4-5-13(14(10-12)18-3)17-8-6-16(2)7-9-17/h4-5,10,15H,6-9,11H2,1-3H3. The van der Waals surface area contributed by atoms with Crippen molar-refractivity contribution in [1.82, 2.24) is 10.2 Å². The lowest BCUT2D eigenvalue weighted by molar-refractivity contribution is 0.311. The molecule has 1 N–H and O–H groups in total. The Labute approximate surface area is 110 Å². The molecule has 0 aliphatic carbocycles. The first-order valence-electron chi connectivity index (χ1n) is 6.49. The number of nitrogens with zero attached hydrogens (tertiary/aromatic N) is 2. The number of benzene rings is 1. The normalized spacial score (nSPS) is 16.9. The van der Waals surface area contributed by atoms with Crippen molar-refractivity contribution >= 4 is 5.69 Å². The number of likely N-dealkylation sites (N-methyl/N-ethyl adjacent to an activating group) is 1. The van der Waals surface area contributed by atoms with E-state index in [0.29, 0.717) is 0 Å². The van der Waals surface area contributed by atoms with E-state index in [-0.39, 0.29) is 0 Å². The third kappa shape index (κ3) is 2.94. The van der Waals surface area contributed by atoms with Gasteiger partial charge in [0, 0.05) is 32.7 Å². The van der Waals surface area contributed by atoms with Crippen LogP contribution in [-0.4, -0.2) is 52.3 Å². The third-order valence-corrected chi connectivity index (χ3v) is 3.47. The summed E-state index contributed by atoms with van der Waals surface area (Å²) in [5.74, 6) is 0.979. The molecule has 4 heteroatoms. The molecule has 0 amide bonds. The zero-order valence-corrected chi connectivity index (χ0v) is 11.6. The Morgan fingerprint density at radius 1 is 1.22 bits per heavy atom. The predicted molar refractivity (Wildman–Crippen MR) is 75.5 cm³/mol. The molecule has 0 radical (unpaired) electrons. The van der Waals surface area contributed by atoms with Crippen LogP contribution in [-0.2, 0) is 6.54 Å². The number of ether oxygens (including phenoxy) is 1. The van der Waals surface area contributed by atoms with Crippen LogP contribution in [0.5, 0.6) is 5.75 Å². The van der Waals surface area contributed by atoms with Crippen molar-refractivity contribution in [2.24, 2.45) is 0 Å². The molecular formula is C14H23N3O. The van der Waals surface area contributed by atoms with Crippen molar-refractivity contribution in [2.75, 3.05) is 52.3 Å². The Balaban J connectivity index is 2.16. The molecule has 1 aliphatic rings. The first-order chi connectivity index (χ1) is 8.74. The fourth-order valence-electron chi connectivity index (χ4n) is 2.34. The van der Waals surface area contributed by atoms with Crippen LogP contribution in [0, 0.1) is 0 Å². The lowest BCUT2D eigenvalue weighted by Gasteiger charge is -2.34. The van der Waals surface area contributed by atoms with Crippen LogP contribution in [0.2, 0.25) is 0 Å². The maximum absolute atomic E-state index is 5.53. The molecule has 0 spiro atoms. The molecule has 1 aromatic rings. The molecule has 2 rings (SSSR count). The maximum atomic E-state index is 5.53. The van der Waals surface area contributed by atoms with Gasteiger partial charge in [0.05, 0.1) is 12.8 Å². The van der Waals surface area contributed by atoms with E-state index < -0.39 is 0 Å². The van der Waals surface area contributed by atoms with Crippen molar-refractivity contribution in [1.29, 1.82) is 0 Å². The molecule has 1 aliphatic heterocycles. The zero-order chi connectivity index (χ0) is 13.0. The van der Waals surface area contributed by atoms with Gasteiger partial charge in [0.1, 0.15) is 5.75 Å². The summed E-state index contributed by atoms with van der Waals surface area (Å²) < 4.78 is 5.53. The molecule has 0 atom stereocenters. The highest BCUT2D eigenvalue weighted by atomic mass is 16.5. The van der Waals surface area contributed by atoms with Crippen LogP contribution in [0.25, 0.3) is 0 Å². The van der Waals surface area contributed by atoms with Crippen LogP contribution in [0.3, 0.4) is 0 Å². The van der Waals surface area contributed by atoms with Crippen molar-refractivity contribution < 1.29 is 4.74 Å². The van der Waals surface area contributed by atoms with E-state index in [2.05, 4.69) is 40.4 Å². The maximum Gasteiger partial charge on any atom is 0.142 e. The van der Waals surface area contributed by atoms with E-state index in [0.717, 1.165) is 38.5 Å². The van der Waals surface area contributed by atoms with Gasteiger partial charge in [0.2, 0.25) is 0 Å². The van der Waals surface area contributed by atoms with Crippen LogP contribution in [0.15, 0.2) is 18.2 Å². The number of anilines is 1. The second-order valence-electron chi connectivity index (χ2n) is 4.83. The lowest BCUT2D eigenvalue weighted by atomic mass is 10.1. The van der Waals surface area contributed by atoms with Gasteiger partial charge < -0.3 is 19.9 Å². The van der Waals surface area contributed by atoms with E-state index in [9.17, 15) is 0 Å². The molecular weight excluding hydrogens is 226 g/mol. The van der Waals surface area contributed by atoms with Crippen LogP contribution in [0.4, 0.5) is 5.69 Å². The van der Waals surface area contributed by atoms with Crippen molar-refractivity contribution in [3.63, 3.8) is 0 Å². The molecule has 0 bridgehead atoms. The molecule has 18 heavy (non-hydrogen) atoms. The fourth-order valence-corrected chi connectivity index (χ4v) is 2.34. The smallest absolute Gasteiger partial charge is 0.142 e. The lowest BCUT2D eigenvalue weighted by Crippen LogP contribution is -2.44. The van der Waals surface area contributed by atoms with E-state index in [1.807, 2.05) is 7.05 Å². The number of piperazine rings is 1. The van der Waals surface area contributed by atoms with Crippen molar-refractivity contribution in [3.05, 3.63) is 23.8 Å². The second kappa shape index (κ2) is 6.07. The summed E-state index contributed by atoms with van der Waals surface area (Å²) in [6.07, 6.45) is 0. The van der Waals surface area contributed by atoms with Crippen molar-refractivity contribution in [3.8, 4) is 5.75 Å². The molecule has 0 unspecified atom stereocenters. The molecule has 1 saturated heterocycles. The summed E-state index contributed by atoms with van der Waals surface area (Å²) in [6.45, 7) is 5.23. The van der Waals surface area contributed by atoms with Gasteiger partial charge in [0.25, 0.3) is 0 Å². The Hall–Kier alpha value is -1.26. The van der Waals surface area contributed by atoms with Gasteiger partial charge in [-0.25, -0.2) is 0 Å². The van der Waals surface area contributed by atoms with E-state index in [4.69, 9.17) is 4.74 Å². The van der Waals surface area contributed by atoms with Gasteiger partial charge in [-0.1, -0.05) is 6.07 Å². The molecule has 0 aromatic heterocycles. The summed E-state index contributed by atoms with van der Waals surface area (Å²) in [7, 11) is 5.88. The molecule has 0 saturated carbocycles. The Kier molecular flexibility index (Phi) is 4.44. The number of methoxy groups -OCH3 is 1. The molecule has 1 aromatic carbocycles. The fraction of sp³-hybridized carbons (Fsp3) is 0.571. The first-order valence-corrected chi connectivity index (χ1v) is 6.49. The first kappa shape index (κ1) is 13.2. The number of rotatable bonds is 4. The Morgan fingerprint density at radius 3 is 2.56 bits per heavy atom. The summed E-state index contributed by atoms with van der Waals surface area (Å²) >= 11 is 0. The van der Waals surface area contributed by atoms with Crippen LogP contribution in [0.1, 0.15) is 5.56 Å². The summed E-state index contributed by atoms with van der Waals surface area (Å²) in [4.78, 5) is 4.76. The van der Waals surface area contributed by atoms with E-state index in [1.165, 1.54) is 11.3 Å². The van der Waals surface area contributed by atoms with Gasteiger partial charge in [-0.3, -0.25) is 0 Å². The van der Waals surface area contributed by atoms with Crippen LogP contribution < -0.4 is 15.0 Å². The minimum Gasteiger partial charge on any atom is -0.495 e. The predicted octanol–water partition coefficient (Wildman–Crippen LogP) is 1.17. The molecule has 100 valence electrons. The largest absolute Gasteiger partial charge is 0.495 e. The third-order valence-electron chi connectivity index (χ3n) is 3.47. The average Bonchev–Trinajstić information content (AvgIpc) is 2.40. The minimum atomic E-state index is 0.874. The Bertz CT molecular complexity index is 387. The number of nitrogens with one attached hydrogen (secondary N) is 1. The number of hydrogen-bond donors (Lipinski definition) is 1. The van der Waals surface area contributed by atoms with E-state index in [1.54, 1.807) is 7.11 Å². The van der Waals surface area contributed by atoms with Gasteiger partial charge in [-0.05, 0) is 31.8 Å². The molecule has 1 heterocycles. The van der Waals surface area contributed by atoms with Crippen molar-refractivity contribution in [2.45, 2.75) is 6.54 Å². The van der Waals surface area contributed by atoms with Gasteiger partial charge >= 0.3 is 0 Å². The SMILES string of the molecule is CNCc1ccc(N2CCN(C)CC2)c(OC)c1. The highest BCUT2D eigenvalue weighted by molar-refractivity contribution is 5.60. The monoisotopic (exact) mass is 249 g/mol. The highest BCUT2D eigenvalue weighted by Crippen LogP contribution is 2.30. The molecule has 1 fully saturated rings. The summed E-state index contributed by atoms with van der Waals surface area (Å²) in [5.41, 5.74) is 2.47. The second-order valence-corrected chi connectivity index (χ2v) is 4.83. The zero-order valence-electron chi connectivity index (χ0n) is 11.6. The van der Waals surface area contributed by atoms with E-state index >= 15 is 0 Å². The molecule has 4 nitrogen and oxygen atoms in total. The highest BCUT2D eigenvalue weighted by Gasteiger charge is 2.17. The van der Waals surface area contributed by atoms with Gasteiger partial charge in [-0.2, -0.15) is 0 Å². The average molecular weight is 249 g/mol. The van der Waals surface area contributed by atoms with Crippen LogP contribution >= 0.6 is 0 Å². The number of hydrogen-bond acceptors (Lipinski definition) is 4. The minimum absolute atomic E-state index is 0.874.